The molecule has 5 nitrogen and oxygen atoms in total. The van der Waals surface area contributed by atoms with Gasteiger partial charge < -0.3 is 20.3 Å². The van der Waals surface area contributed by atoms with Crippen molar-refractivity contribution in [3.8, 4) is 5.75 Å². The number of piperidine rings is 1. The molecule has 1 atom stereocenters. The number of ether oxygens (including phenoxy) is 1. The van der Waals surface area contributed by atoms with Crippen LogP contribution in [0.3, 0.4) is 0 Å². The molecule has 1 saturated heterocycles. The number of hydrogen-bond acceptors (Lipinski definition) is 3. The Hall–Kier alpha value is -1.82. The van der Waals surface area contributed by atoms with Crippen LogP contribution in [0.5, 0.6) is 5.75 Å². The molecule has 0 aromatic heterocycles. The predicted octanol–water partition coefficient (Wildman–Crippen LogP) is 2.77. The first-order valence-electron chi connectivity index (χ1n) is 9.85. The van der Waals surface area contributed by atoms with Crippen LogP contribution in [0.25, 0.3) is 0 Å². The first kappa shape index (κ1) is 19.0. The second-order valence-electron chi connectivity index (χ2n) is 7.29. The van der Waals surface area contributed by atoms with E-state index in [9.17, 15) is 4.39 Å². The molecule has 1 unspecified atom stereocenters. The number of rotatable bonds is 7. The Morgan fingerprint density at radius 1 is 1.31 bits per heavy atom. The summed E-state index contributed by atoms with van der Waals surface area (Å²) in [5.74, 6) is 1.09. The van der Waals surface area contributed by atoms with Crippen molar-refractivity contribution in [2.75, 3.05) is 26.2 Å². The Kier molecular flexibility index (Phi) is 6.72. The molecule has 0 radical (unpaired) electrons. The number of likely N-dealkylation sites (tertiary alicyclic amines) is 1. The molecule has 1 aromatic rings. The smallest absolute Gasteiger partial charge is 0.191 e. The monoisotopic (exact) mass is 362 g/mol. The fourth-order valence-electron chi connectivity index (χ4n) is 3.39. The zero-order valence-corrected chi connectivity index (χ0v) is 15.9. The lowest BCUT2D eigenvalue weighted by molar-refractivity contribution is 0.197. The molecule has 1 aliphatic carbocycles. The van der Waals surface area contributed by atoms with Gasteiger partial charge in [-0.3, -0.25) is 0 Å². The van der Waals surface area contributed by atoms with E-state index in [4.69, 9.17) is 4.74 Å². The van der Waals surface area contributed by atoms with Crippen molar-refractivity contribution in [3.05, 3.63) is 30.1 Å². The van der Waals surface area contributed by atoms with Crippen molar-refractivity contribution in [1.82, 2.24) is 15.5 Å². The second-order valence-corrected chi connectivity index (χ2v) is 7.29. The van der Waals surface area contributed by atoms with Crippen LogP contribution in [0.2, 0.25) is 0 Å². The maximum absolute atomic E-state index is 13.2. The first-order valence-corrected chi connectivity index (χ1v) is 9.85. The van der Waals surface area contributed by atoms with Crippen molar-refractivity contribution in [1.29, 1.82) is 0 Å². The van der Waals surface area contributed by atoms with Crippen LogP contribution in [0.4, 0.5) is 4.39 Å². The molecular weight excluding hydrogens is 331 g/mol. The maximum Gasteiger partial charge on any atom is 0.191 e. The van der Waals surface area contributed by atoms with Crippen molar-refractivity contribution in [2.45, 2.75) is 57.7 Å². The molecule has 0 bridgehead atoms. The van der Waals surface area contributed by atoms with Gasteiger partial charge >= 0.3 is 0 Å². The first-order chi connectivity index (χ1) is 12.6. The Labute approximate surface area is 156 Å². The van der Waals surface area contributed by atoms with Crippen LogP contribution in [0.1, 0.15) is 39.5 Å². The molecule has 3 rings (SSSR count). The van der Waals surface area contributed by atoms with Gasteiger partial charge in [-0.1, -0.05) is 6.07 Å². The van der Waals surface area contributed by atoms with E-state index in [1.54, 1.807) is 12.1 Å². The summed E-state index contributed by atoms with van der Waals surface area (Å²) in [4.78, 5) is 7.28. The number of halogens is 1. The minimum atomic E-state index is -0.286. The van der Waals surface area contributed by atoms with Crippen LogP contribution in [-0.2, 0) is 0 Å². The third-order valence-electron chi connectivity index (χ3n) is 4.92. The van der Waals surface area contributed by atoms with Gasteiger partial charge in [-0.15, -0.1) is 0 Å². The Bertz CT molecular complexity index is 597. The molecule has 1 aromatic carbocycles. The number of aliphatic imine (C=N–C) groups is 1. The molecule has 2 N–H and O–H groups in total. The van der Waals surface area contributed by atoms with Gasteiger partial charge in [0, 0.05) is 37.8 Å². The van der Waals surface area contributed by atoms with E-state index in [-0.39, 0.29) is 11.9 Å². The standard InChI is InChI=1S/C20H31FN4O/c1-3-22-20(24-17-9-11-25(12-10-17)18-7-8-18)23-14-15(2)26-19-6-4-5-16(21)13-19/h4-6,13,15,17-18H,3,7-12,14H2,1-2H3,(H2,22,23,24). The number of guanidine groups is 1. The summed E-state index contributed by atoms with van der Waals surface area (Å²) in [5, 5.41) is 6.88. The lowest BCUT2D eigenvalue weighted by Gasteiger charge is -2.33. The third kappa shape index (κ3) is 5.87. The highest BCUT2D eigenvalue weighted by Crippen LogP contribution is 2.29. The van der Waals surface area contributed by atoms with E-state index in [1.165, 1.54) is 38.1 Å². The lowest BCUT2D eigenvalue weighted by atomic mass is 10.1. The Balaban J connectivity index is 1.46. The second kappa shape index (κ2) is 9.21. The minimum Gasteiger partial charge on any atom is -0.489 e. The van der Waals surface area contributed by atoms with E-state index in [1.807, 2.05) is 6.92 Å². The molecule has 1 heterocycles. The number of nitrogens with one attached hydrogen (secondary N) is 2. The van der Waals surface area contributed by atoms with Crippen LogP contribution < -0.4 is 15.4 Å². The van der Waals surface area contributed by atoms with Crippen molar-refractivity contribution >= 4 is 5.96 Å². The minimum absolute atomic E-state index is 0.121. The number of nitrogens with zero attached hydrogens (tertiary/aromatic N) is 2. The highest BCUT2D eigenvalue weighted by molar-refractivity contribution is 5.80. The molecule has 1 aliphatic heterocycles. The van der Waals surface area contributed by atoms with Gasteiger partial charge in [-0.2, -0.15) is 0 Å². The van der Waals surface area contributed by atoms with Gasteiger partial charge in [-0.05, 0) is 51.7 Å². The average Bonchev–Trinajstić information content (AvgIpc) is 3.46. The van der Waals surface area contributed by atoms with E-state index in [0.717, 1.165) is 31.4 Å². The molecule has 26 heavy (non-hydrogen) atoms. The van der Waals surface area contributed by atoms with Crippen molar-refractivity contribution < 1.29 is 9.13 Å². The van der Waals surface area contributed by atoms with Gasteiger partial charge in [0.25, 0.3) is 0 Å². The quantitative estimate of drug-likeness (QED) is 0.578. The molecule has 1 saturated carbocycles. The lowest BCUT2D eigenvalue weighted by Crippen LogP contribution is -2.49. The number of hydrogen-bond donors (Lipinski definition) is 2. The van der Waals surface area contributed by atoms with Crippen molar-refractivity contribution in [2.24, 2.45) is 4.99 Å². The molecule has 0 spiro atoms. The zero-order chi connectivity index (χ0) is 18.4. The summed E-state index contributed by atoms with van der Waals surface area (Å²) in [6.45, 7) is 7.73. The van der Waals surface area contributed by atoms with Crippen molar-refractivity contribution in [3.63, 3.8) is 0 Å². The molecular formula is C20H31FN4O. The molecule has 2 fully saturated rings. The summed E-state index contributed by atoms with van der Waals surface area (Å²) < 4.78 is 19.0. The van der Waals surface area contributed by atoms with E-state index in [0.29, 0.717) is 18.3 Å². The molecule has 2 aliphatic rings. The van der Waals surface area contributed by atoms with Gasteiger partial charge in [0.15, 0.2) is 5.96 Å². The van der Waals surface area contributed by atoms with Crippen LogP contribution in [-0.4, -0.2) is 55.2 Å². The van der Waals surface area contributed by atoms with Crippen LogP contribution in [0, 0.1) is 5.82 Å². The van der Waals surface area contributed by atoms with E-state index >= 15 is 0 Å². The highest BCUT2D eigenvalue weighted by Gasteiger charge is 2.31. The highest BCUT2D eigenvalue weighted by atomic mass is 19.1. The Morgan fingerprint density at radius 2 is 2.08 bits per heavy atom. The molecule has 0 amide bonds. The molecule has 144 valence electrons. The summed E-state index contributed by atoms with van der Waals surface area (Å²) in [7, 11) is 0. The van der Waals surface area contributed by atoms with Crippen LogP contribution in [0.15, 0.2) is 29.3 Å². The average molecular weight is 362 g/mol. The van der Waals surface area contributed by atoms with Gasteiger partial charge in [0.05, 0.1) is 6.54 Å². The summed E-state index contributed by atoms with van der Waals surface area (Å²) in [6, 6.07) is 7.57. The largest absolute Gasteiger partial charge is 0.489 e. The maximum atomic E-state index is 13.2. The topological polar surface area (TPSA) is 48.9 Å². The van der Waals surface area contributed by atoms with E-state index in [2.05, 4.69) is 27.4 Å². The Morgan fingerprint density at radius 3 is 2.73 bits per heavy atom. The molecule has 6 heteroatoms. The SMILES string of the molecule is CCNC(=NCC(C)Oc1cccc(F)c1)NC1CCN(C2CC2)CC1. The van der Waals surface area contributed by atoms with Gasteiger partial charge in [-0.25, -0.2) is 9.38 Å². The number of benzene rings is 1. The van der Waals surface area contributed by atoms with Gasteiger partial charge in [0.1, 0.15) is 17.7 Å². The third-order valence-corrected chi connectivity index (χ3v) is 4.92. The van der Waals surface area contributed by atoms with Gasteiger partial charge in [0.2, 0.25) is 0 Å². The van der Waals surface area contributed by atoms with E-state index < -0.39 is 0 Å². The summed E-state index contributed by atoms with van der Waals surface area (Å²) >= 11 is 0. The summed E-state index contributed by atoms with van der Waals surface area (Å²) in [5.41, 5.74) is 0. The predicted molar refractivity (Wildman–Crippen MR) is 103 cm³/mol. The zero-order valence-electron chi connectivity index (χ0n) is 15.9. The fourth-order valence-corrected chi connectivity index (χ4v) is 3.39. The normalized spacial score (nSPS) is 20.7. The summed E-state index contributed by atoms with van der Waals surface area (Å²) in [6.07, 6.45) is 4.97. The fraction of sp³-hybridized carbons (Fsp3) is 0.650. The van der Waals surface area contributed by atoms with Crippen LogP contribution >= 0.6 is 0 Å².